The molecule has 0 saturated carbocycles. The van der Waals surface area contributed by atoms with Gasteiger partial charge in [-0.05, 0) is 25.3 Å². The van der Waals surface area contributed by atoms with Crippen LogP contribution in [0.2, 0.25) is 5.02 Å². The van der Waals surface area contributed by atoms with Crippen molar-refractivity contribution in [1.82, 2.24) is 14.6 Å². The van der Waals surface area contributed by atoms with E-state index in [0.29, 0.717) is 27.5 Å². The van der Waals surface area contributed by atoms with Gasteiger partial charge in [0.15, 0.2) is 5.65 Å². The number of thioether (sulfide) groups is 1. The summed E-state index contributed by atoms with van der Waals surface area (Å²) in [5.41, 5.74) is 0.647. The second-order valence-electron chi connectivity index (χ2n) is 5.09. The molecule has 0 saturated heterocycles. The van der Waals surface area contributed by atoms with Crippen LogP contribution in [0, 0.1) is 6.92 Å². The second-order valence-corrected chi connectivity index (χ2v) is 6.32. The molecule has 0 aliphatic rings. The molecular weight excluding hydrogens is 363 g/mol. The van der Waals surface area contributed by atoms with E-state index in [9.17, 15) is 18.0 Å². The lowest BCUT2D eigenvalue weighted by atomic mass is 10.1. The van der Waals surface area contributed by atoms with E-state index in [1.807, 2.05) is 0 Å². The smallest absolute Gasteiger partial charge is 0.289 e. The Morgan fingerprint density at radius 3 is 2.58 bits per heavy atom. The third-order valence-electron chi connectivity index (χ3n) is 3.53. The van der Waals surface area contributed by atoms with Gasteiger partial charge < -0.3 is 0 Å². The van der Waals surface area contributed by atoms with Crippen molar-refractivity contribution in [3.63, 3.8) is 0 Å². The molecule has 1 aromatic carbocycles. The van der Waals surface area contributed by atoms with Crippen LogP contribution in [-0.4, -0.2) is 20.9 Å². The summed E-state index contributed by atoms with van der Waals surface area (Å²) in [5.74, 6) is 0. The summed E-state index contributed by atoms with van der Waals surface area (Å²) >= 11 is 7.28. The summed E-state index contributed by atoms with van der Waals surface area (Å²) in [6.45, 7) is 1.73. The molecule has 1 N–H and O–H groups in total. The Hall–Kier alpha value is -1.93. The average Bonchev–Trinajstić information content (AvgIpc) is 2.90. The number of fused-ring (bicyclic) bond motifs is 1. The molecule has 3 rings (SSSR count). The van der Waals surface area contributed by atoms with E-state index >= 15 is 0 Å². The number of nitrogens with zero attached hydrogens (tertiary/aromatic N) is 2. The van der Waals surface area contributed by atoms with Crippen LogP contribution in [0.3, 0.4) is 0 Å². The van der Waals surface area contributed by atoms with Crippen molar-refractivity contribution in [3.05, 3.63) is 50.9 Å². The topological polar surface area (TPSA) is 50.2 Å². The highest BCUT2D eigenvalue weighted by atomic mass is 35.5. The van der Waals surface area contributed by atoms with Gasteiger partial charge >= 0.3 is 6.18 Å². The minimum absolute atomic E-state index is 0.0637. The number of H-pyrrole nitrogens is 1. The highest BCUT2D eigenvalue weighted by molar-refractivity contribution is 7.98. The zero-order valence-electron chi connectivity index (χ0n) is 12.5. The highest BCUT2D eigenvalue weighted by Gasteiger charge is 2.31. The van der Waals surface area contributed by atoms with Crippen LogP contribution in [0.5, 0.6) is 0 Å². The quantitative estimate of drug-likeness (QED) is 0.678. The van der Waals surface area contributed by atoms with Crippen LogP contribution in [0.1, 0.15) is 11.3 Å². The van der Waals surface area contributed by atoms with Crippen LogP contribution in [0.4, 0.5) is 13.2 Å². The number of aromatic nitrogens is 3. The minimum atomic E-state index is -4.47. The maximum atomic E-state index is 12.7. The molecule has 0 bridgehead atoms. The molecule has 0 unspecified atom stereocenters. The molecule has 3 aromatic rings. The fraction of sp³-hybridized carbons (Fsp3) is 0.200. The number of alkyl halides is 3. The Bertz CT molecular complexity index is 994. The van der Waals surface area contributed by atoms with Crippen molar-refractivity contribution in [2.24, 2.45) is 0 Å². The van der Waals surface area contributed by atoms with Crippen LogP contribution in [0.15, 0.2) is 34.0 Å². The van der Waals surface area contributed by atoms with Crippen molar-refractivity contribution in [2.45, 2.75) is 18.0 Å². The van der Waals surface area contributed by atoms with Gasteiger partial charge in [0.2, 0.25) is 0 Å². The number of rotatable bonds is 2. The van der Waals surface area contributed by atoms with E-state index < -0.39 is 11.7 Å². The Labute approximate surface area is 143 Å². The predicted octanol–water partition coefficient (Wildman–Crippen LogP) is 4.39. The molecule has 0 atom stereocenters. The third-order valence-corrected chi connectivity index (χ3v) is 4.72. The zero-order chi connectivity index (χ0) is 17.6. The molecule has 0 amide bonds. The molecule has 9 heteroatoms. The van der Waals surface area contributed by atoms with E-state index in [4.69, 9.17) is 11.6 Å². The number of hydrogen-bond donors (Lipinski definition) is 1. The SMILES string of the molecule is CSc1c(C)nc2cc(-c3ccc(C(F)(F)F)cc3Cl)[nH]n2c1=O. The highest BCUT2D eigenvalue weighted by Crippen LogP contribution is 2.35. The van der Waals surface area contributed by atoms with Gasteiger partial charge in [0.05, 0.1) is 26.9 Å². The molecule has 2 heterocycles. The lowest BCUT2D eigenvalue weighted by Crippen LogP contribution is -2.18. The molecule has 2 aromatic heterocycles. The Morgan fingerprint density at radius 1 is 1.29 bits per heavy atom. The Balaban J connectivity index is 2.17. The fourth-order valence-corrected chi connectivity index (χ4v) is 3.29. The number of hydrogen-bond acceptors (Lipinski definition) is 3. The first kappa shape index (κ1) is 16.9. The van der Waals surface area contributed by atoms with Crippen LogP contribution < -0.4 is 5.56 Å². The largest absolute Gasteiger partial charge is 0.416 e. The van der Waals surface area contributed by atoms with Crippen molar-refractivity contribution >= 4 is 29.0 Å². The third kappa shape index (κ3) is 2.80. The molecule has 4 nitrogen and oxygen atoms in total. The lowest BCUT2D eigenvalue weighted by molar-refractivity contribution is -0.137. The molecule has 0 fully saturated rings. The van der Waals surface area contributed by atoms with Crippen molar-refractivity contribution in [3.8, 4) is 11.3 Å². The fourth-order valence-electron chi connectivity index (χ4n) is 2.40. The van der Waals surface area contributed by atoms with E-state index in [2.05, 4.69) is 10.1 Å². The van der Waals surface area contributed by atoms with Gasteiger partial charge in [-0.2, -0.15) is 13.2 Å². The number of benzene rings is 1. The van der Waals surface area contributed by atoms with E-state index in [0.717, 1.165) is 12.1 Å². The molecule has 0 spiro atoms. The summed E-state index contributed by atoms with van der Waals surface area (Å²) in [4.78, 5) is 17.2. The van der Waals surface area contributed by atoms with Gasteiger partial charge in [0, 0.05) is 11.6 Å². The molecule has 0 aliphatic heterocycles. The first-order chi connectivity index (χ1) is 11.2. The number of halogens is 4. The van der Waals surface area contributed by atoms with Gasteiger partial charge in [-0.1, -0.05) is 17.7 Å². The van der Waals surface area contributed by atoms with E-state index in [1.54, 1.807) is 19.2 Å². The second kappa shape index (κ2) is 5.86. The molecule has 126 valence electrons. The predicted molar refractivity (Wildman–Crippen MR) is 87.8 cm³/mol. The van der Waals surface area contributed by atoms with Gasteiger partial charge in [-0.15, -0.1) is 11.8 Å². The van der Waals surface area contributed by atoms with Crippen molar-refractivity contribution < 1.29 is 13.2 Å². The van der Waals surface area contributed by atoms with Gasteiger partial charge in [0.25, 0.3) is 5.56 Å². The van der Waals surface area contributed by atoms with E-state index in [-0.39, 0.29) is 10.6 Å². The first-order valence-corrected chi connectivity index (χ1v) is 8.36. The summed E-state index contributed by atoms with van der Waals surface area (Å²) in [6, 6.07) is 4.65. The average molecular weight is 374 g/mol. The molecule has 0 aliphatic carbocycles. The molecular formula is C15H11ClF3N3OS. The summed E-state index contributed by atoms with van der Waals surface area (Å²) < 4.78 is 39.4. The summed E-state index contributed by atoms with van der Waals surface area (Å²) in [5, 5.41) is 2.78. The zero-order valence-corrected chi connectivity index (χ0v) is 14.1. The molecule has 0 radical (unpaired) electrons. The first-order valence-electron chi connectivity index (χ1n) is 6.76. The lowest BCUT2D eigenvalue weighted by Gasteiger charge is -2.08. The standard InChI is InChI=1S/C15H11ClF3N3OS/c1-7-13(24-2)14(23)22-12(20-7)6-11(21-22)9-4-3-8(5-10(9)16)15(17,18)19/h3-6,21H,1-2H3. The Morgan fingerprint density at radius 2 is 2.00 bits per heavy atom. The molecule has 24 heavy (non-hydrogen) atoms. The number of aromatic amines is 1. The summed E-state index contributed by atoms with van der Waals surface area (Å²) in [6.07, 6.45) is -2.69. The number of aryl methyl sites for hydroxylation is 1. The normalized spacial score (nSPS) is 12.1. The maximum Gasteiger partial charge on any atom is 0.416 e. The minimum Gasteiger partial charge on any atom is -0.289 e. The van der Waals surface area contributed by atoms with Crippen LogP contribution in [-0.2, 0) is 6.18 Å². The van der Waals surface area contributed by atoms with Gasteiger partial charge in [-0.25, -0.2) is 9.50 Å². The number of nitrogens with one attached hydrogen (secondary N) is 1. The van der Waals surface area contributed by atoms with Crippen LogP contribution in [0.25, 0.3) is 16.9 Å². The van der Waals surface area contributed by atoms with Crippen molar-refractivity contribution in [1.29, 1.82) is 0 Å². The van der Waals surface area contributed by atoms with Crippen molar-refractivity contribution in [2.75, 3.05) is 6.26 Å². The van der Waals surface area contributed by atoms with Crippen LogP contribution >= 0.6 is 23.4 Å². The summed E-state index contributed by atoms with van der Waals surface area (Å²) in [7, 11) is 0. The Kier molecular flexibility index (Phi) is 4.13. The van der Waals surface area contributed by atoms with Gasteiger partial charge in [-0.3, -0.25) is 9.89 Å². The van der Waals surface area contributed by atoms with Gasteiger partial charge in [0.1, 0.15) is 0 Å². The van der Waals surface area contributed by atoms with E-state index in [1.165, 1.54) is 22.3 Å². The monoisotopic (exact) mass is 373 g/mol. The maximum absolute atomic E-state index is 12.7.